The van der Waals surface area contributed by atoms with Gasteiger partial charge in [0.05, 0.1) is 5.69 Å². The Labute approximate surface area is 114 Å². The number of nitrogens with one attached hydrogen (secondary N) is 1. The first-order valence-electron chi connectivity index (χ1n) is 5.36. The number of hydrogen-bond acceptors (Lipinski definition) is 3. The van der Waals surface area contributed by atoms with E-state index in [9.17, 15) is 4.79 Å². The van der Waals surface area contributed by atoms with Crippen molar-refractivity contribution in [2.24, 2.45) is 11.7 Å². The Hall–Kier alpha value is -0.650. The number of carbonyl (C=O) groups excluding carboxylic acids is 1. The largest absolute Gasteiger partial charge is 0.330 e. The van der Waals surface area contributed by atoms with Crippen molar-refractivity contribution >= 4 is 39.1 Å². The standard InChI is InChI=1S/C11H15BrClN3O/c1-7(3-2-4-14)11(17)16-9-5-8(12)6-15-10(9)13/h5-7H,2-4,14H2,1H3,(H,16,17). The van der Waals surface area contributed by atoms with Gasteiger partial charge in [0.2, 0.25) is 5.91 Å². The summed E-state index contributed by atoms with van der Waals surface area (Å²) in [5.41, 5.74) is 5.92. The zero-order valence-electron chi connectivity index (χ0n) is 9.54. The molecule has 0 aliphatic rings. The Bertz CT molecular complexity index is 400. The molecular weight excluding hydrogens is 305 g/mol. The molecule has 0 aliphatic heterocycles. The summed E-state index contributed by atoms with van der Waals surface area (Å²) in [5.74, 6) is -0.158. The molecule has 0 bridgehead atoms. The lowest BCUT2D eigenvalue weighted by Crippen LogP contribution is -2.21. The minimum Gasteiger partial charge on any atom is -0.330 e. The van der Waals surface area contributed by atoms with E-state index in [1.165, 1.54) is 0 Å². The number of nitrogens with two attached hydrogens (primary N) is 1. The predicted molar refractivity (Wildman–Crippen MR) is 73.0 cm³/mol. The van der Waals surface area contributed by atoms with Crippen LogP contribution in [0.3, 0.4) is 0 Å². The number of aromatic nitrogens is 1. The van der Waals surface area contributed by atoms with Crippen LogP contribution in [0.4, 0.5) is 5.69 Å². The van der Waals surface area contributed by atoms with Crippen LogP contribution in [0.2, 0.25) is 5.15 Å². The van der Waals surface area contributed by atoms with Gasteiger partial charge in [-0.1, -0.05) is 18.5 Å². The van der Waals surface area contributed by atoms with Crippen LogP contribution >= 0.6 is 27.5 Å². The number of hydrogen-bond donors (Lipinski definition) is 2. The summed E-state index contributed by atoms with van der Waals surface area (Å²) in [5, 5.41) is 3.04. The number of carbonyl (C=O) groups is 1. The Kier molecular flexibility index (Phi) is 5.88. The van der Waals surface area contributed by atoms with E-state index >= 15 is 0 Å². The Balaban J connectivity index is 2.64. The fourth-order valence-electron chi connectivity index (χ4n) is 1.32. The predicted octanol–water partition coefficient (Wildman–Crippen LogP) is 2.81. The van der Waals surface area contributed by atoms with Gasteiger partial charge in [-0.3, -0.25) is 4.79 Å². The zero-order chi connectivity index (χ0) is 12.8. The van der Waals surface area contributed by atoms with Crippen molar-refractivity contribution < 1.29 is 4.79 Å². The molecule has 0 aromatic carbocycles. The van der Waals surface area contributed by atoms with Crippen molar-refractivity contribution in [2.75, 3.05) is 11.9 Å². The molecular formula is C11H15BrClN3O. The summed E-state index contributed by atoms with van der Waals surface area (Å²) in [6.07, 6.45) is 3.18. The molecule has 1 amide bonds. The lowest BCUT2D eigenvalue weighted by molar-refractivity contribution is -0.119. The van der Waals surface area contributed by atoms with E-state index < -0.39 is 0 Å². The summed E-state index contributed by atoms with van der Waals surface area (Å²) in [7, 11) is 0. The van der Waals surface area contributed by atoms with E-state index in [4.69, 9.17) is 17.3 Å². The van der Waals surface area contributed by atoms with Gasteiger partial charge in [-0.2, -0.15) is 0 Å². The summed E-state index contributed by atoms with van der Waals surface area (Å²) >= 11 is 9.16. The van der Waals surface area contributed by atoms with E-state index in [1.54, 1.807) is 12.3 Å². The van der Waals surface area contributed by atoms with Gasteiger partial charge in [0.15, 0.2) is 5.15 Å². The molecule has 0 saturated heterocycles. The highest BCUT2D eigenvalue weighted by Crippen LogP contribution is 2.23. The molecule has 1 unspecified atom stereocenters. The summed E-state index contributed by atoms with van der Waals surface area (Å²) in [6, 6.07) is 1.73. The SMILES string of the molecule is CC(CCCN)C(=O)Nc1cc(Br)cnc1Cl. The van der Waals surface area contributed by atoms with Gasteiger partial charge in [-0.25, -0.2) is 4.98 Å². The zero-order valence-corrected chi connectivity index (χ0v) is 11.9. The second-order valence-corrected chi connectivity index (χ2v) is 5.09. The van der Waals surface area contributed by atoms with Gasteiger partial charge in [0.1, 0.15) is 0 Å². The maximum atomic E-state index is 11.8. The van der Waals surface area contributed by atoms with Crippen molar-refractivity contribution in [3.63, 3.8) is 0 Å². The van der Waals surface area contributed by atoms with Crippen LogP contribution in [0.15, 0.2) is 16.7 Å². The first-order valence-corrected chi connectivity index (χ1v) is 6.53. The number of rotatable bonds is 5. The first-order chi connectivity index (χ1) is 8.04. The van der Waals surface area contributed by atoms with Crippen LogP contribution in [-0.4, -0.2) is 17.4 Å². The molecule has 0 aliphatic carbocycles. The van der Waals surface area contributed by atoms with Crippen molar-refractivity contribution in [2.45, 2.75) is 19.8 Å². The third-order valence-corrected chi connectivity index (χ3v) is 3.09. The fourth-order valence-corrected chi connectivity index (χ4v) is 1.80. The average molecular weight is 321 g/mol. The highest BCUT2D eigenvalue weighted by molar-refractivity contribution is 9.10. The summed E-state index contributed by atoms with van der Waals surface area (Å²) < 4.78 is 0.770. The molecule has 1 aromatic heterocycles. The molecule has 4 nitrogen and oxygen atoms in total. The molecule has 17 heavy (non-hydrogen) atoms. The van der Waals surface area contributed by atoms with Crippen molar-refractivity contribution in [1.29, 1.82) is 0 Å². The number of amides is 1. The minimum atomic E-state index is -0.0893. The fraction of sp³-hybridized carbons (Fsp3) is 0.455. The molecule has 3 N–H and O–H groups in total. The van der Waals surface area contributed by atoms with Crippen molar-refractivity contribution in [3.8, 4) is 0 Å². The van der Waals surface area contributed by atoms with E-state index in [-0.39, 0.29) is 17.0 Å². The van der Waals surface area contributed by atoms with Crippen LogP contribution < -0.4 is 11.1 Å². The Morgan fingerprint density at radius 1 is 1.71 bits per heavy atom. The maximum Gasteiger partial charge on any atom is 0.227 e. The van der Waals surface area contributed by atoms with E-state index in [2.05, 4.69) is 26.2 Å². The van der Waals surface area contributed by atoms with Crippen LogP contribution in [0.1, 0.15) is 19.8 Å². The lowest BCUT2D eigenvalue weighted by Gasteiger charge is -2.12. The molecule has 0 spiro atoms. The van der Waals surface area contributed by atoms with Gasteiger partial charge >= 0.3 is 0 Å². The molecule has 1 rings (SSSR count). The van der Waals surface area contributed by atoms with Crippen molar-refractivity contribution in [1.82, 2.24) is 4.98 Å². The van der Waals surface area contributed by atoms with E-state index in [0.29, 0.717) is 12.2 Å². The minimum absolute atomic E-state index is 0.0692. The number of halogens is 2. The smallest absolute Gasteiger partial charge is 0.227 e. The molecule has 94 valence electrons. The number of anilines is 1. The Morgan fingerprint density at radius 3 is 3.06 bits per heavy atom. The van der Waals surface area contributed by atoms with Crippen molar-refractivity contribution in [3.05, 3.63) is 21.9 Å². The lowest BCUT2D eigenvalue weighted by atomic mass is 10.0. The monoisotopic (exact) mass is 319 g/mol. The van der Waals surface area contributed by atoms with E-state index in [0.717, 1.165) is 17.3 Å². The van der Waals surface area contributed by atoms with Crippen LogP contribution in [0, 0.1) is 5.92 Å². The summed E-state index contributed by atoms with van der Waals surface area (Å²) in [4.78, 5) is 15.8. The third-order valence-electron chi connectivity index (χ3n) is 2.35. The topological polar surface area (TPSA) is 68.0 Å². The maximum absolute atomic E-state index is 11.8. The molecule has 0 saturated carbocycles. The van der Waals surface area contributed by atoms with E-state index in [1.807, 2.05) is 6.92 Å². The first kappa shape index (κ1) is 14.4. The van der Waals surface area contributed by atoms with Gasteiger partial charge in [0.25, 0.3) is 0 Å². The Morgan fingerprint density at radius 2 is 2.41 bits per heavy atom. The van der Waals surface area contributed by atoms with Gasteiger partial charge in [-0.05, 0) is 41.4 Å². The molecule has 0 radical (unpaired) electrons. The highest BCUT2D eigenvalue weighted by Gasteiger charge is 2.14. The molecule has 1 atom stereocenters. The second-order valence-electron chi connectivity index (χ2n) is 3.81. The normalized spacial score (nSPS) is 12.2. The highest BCUT2D eigenvalue weighted by atomic mass is 79.9. The average Bonchev–Trinajstić information content (AvgIpc) is 2.30. The second kappa shape index (κ2) is 6.93. The van der Waals surface area contributed by atoms with Gasteiger partial charge in [-0.15, -0.1) is 0 Å². The number of pyridine rings is 1. The molecule has 1 heterocycles. The van der Waals surface area contributed by atoms with Crippen LogP contribution in [0.5, 0.6) is 0 Å². The van der Waals surface area contributed by atoms with Crippen LogP contribution in [-0.2, 0) is 4.79 Å². The quantitative estimate of drug-likeness (QED) is 0.820. The van der Waals surface area contributed by atoms with Gasteiger partial charge < -0.3 is 11.1 Å². The molecule has 6 heteroatoms. The van der Waals surface area contributed by atoms with Gasteiger partial charge in [0, 0.05) is 16.6 Å². The van der Waals surface area contributed by atoms with Crippen LogP contribution in [0.25, 0.3) is 0 Å². The molecule has 0 fully saturated rings. The molecule has 1 aromatic rings. The third kappa shape index (κ3) is 4.61. The number of nitrogens with zero attached hydrogens (tertiary/aromatic N) is 1. The summed E-state index contributed by atoms with van der Waals surface area (Å²) in [6.45, 7) is 2.46.